The number of para-hydroxylation sites is 1. The smallest absolute Gasteiger partial charge is 0.273 e. The number of aromatic hydroxyl groups is 1. The number of hydrogen-bond acceptors (Lipinski definition) is 6. The Morgan fingerprint density at radius 2 is 1.93 bits per heavy atom. The lowest BCUT2D eigenvalue weighted by atomic mass is 10.2. The predicted octanol–water partition coefficient (Wildman–Crippen LogP) is 3.21. The molecule has 0 radical (unpaired) electrons. The summed E-state index contributed by atoms with van der Waals surface area (Å²) in [5, 5.41) is 9.65. The molecule has 1 aliphatic rings. The van der Waals surface area contributed by atoms with Crippen LogP contribution in [0.15, 0.2) is 57.9 Å². The monoisotopic (exact) mass is 505 g/mol. The molecule has 154 valence electrons. The van der Waals surface area contributed by atoms with E-state index >= 15 is 0 Å². The molecule has 0 bridgehead atoms. The second kappa shape index (κ2) is 9.88. The molecule has 30 heavy (non-hydrogen) atoms. The van der Waals surface area contributed by atoms with Crippen molar-refractivity contribution >= 4 is 68.0 Å². The van der Waals surface area contributed by atoms with Crippen LogP contribution in [-0.2, 0) is 9.59 Å². The predicted molar refractivity (Wildman–Crippen MR) is 122 cm³/mol. The van der Waals surface area contributed by atoms with Crippen LogP contribution >= 0.6 is 39.9 Å². The Morgan fingerprint density at radius 3 is 2.67 bits per heavy atom. The molecule has 1 heterocycles. The van der Waals surface area contributed by atoms with Crippen LogP contribution in [-0.4, -0.2) is 38.6 Å². The molecule has 0 aromatic heterocycles. The molecule has 10 heteroatoms. The summed E-state index contributed by atoms with van der Waals surface area (Å²) in [6, 6.07) is 13.5. The molecule has 0 spiro atoms. The van der Waals surface area contributed by atoms with Crippen LogP contribution in [0.1, 0.15) is 22.3 Å². The number of phenolic OH excluding ortho intramolecular Hbond substituents is 1. The number of hydrogen-bond donors (Lipinski definition) is 3. The van der Waals surface area contributed by atoms with E-state index in [-0.39, 0.29) is 30.2 Å². The lowest BCUT2D eigenvalue weighted by Gasteiger charge is -2.14. The number of amides is 3. The van der Waals surface area contributed by atoms with Crippen LogP contribution in [0.25, 0.3) is 6.08 Å². The normalized spacial score (nSPS) is 14.8. The third kappa shape index (κ3) is 5.47. The van der Waals surface area contributed by atoms with Gasteiger partial charge in [0.1, 0.15) is 10.1 Å². The van der Waals surface area contributed by atoms with Crippen molar-refractivity contribution in [3.8, 4) is 5.75 Å². The van der Waals surface area contributed by atoms with E-state index in [1.54, 1.807) is 18.2 Å². The molecule has 3 N–H and O–H groups in total. The quantitative estimate of drug-likeness (QED) is 0.327. The number of rotatable bonds is 5. The first-order valence-corrected chi connectivity index (χ1v) is 10.7. The highest BCUT2D eigenvalue weighted by atomic mass is 79.9. The zero-order valence-corrected chi connectivity index (χ0v) is 18.6. The van der Waals surface area contributed by atoms with Crippen molar-refractivity contribution in [2.75, 3.05) is 6.54 Å². The number of nitrogens with one attached hydrogen (secondary N) is 2. The summed E-state index contributed by atoms with van der Waals surface area (Å²) in [6.07, 6.45) is 1.69. The topological polar surface area (TPSA) is 98.7 Å². The number of nitrogens with zero attached hydrogens (tertiary/aromatic N) is 1. The second-order valence-electron chi connectivity index (χ2n) is 6.16. The Hall–Kier alpha value is -2.69. The first-order valence-electron chi connectivity index (χ1n) is 8.73. The van der Waals surface area contributed by atoms with Gasteiger partial charge in [0, 0.05) is 17.4 Å². The Bertz CT molecular complexity index is 1060. The fourth-order valence-electron chi connectivity index (χ4n) is 2.58. The summed E-state index contributed by atoms with van der Waals surface area (Å²) in [4.78, 5) is 38.5. The number of carbonyl (C=O) groups is 3. The number of thiocarbonyl (C=S) groups is 1. The van der Waals surface area contributed by atoms with Crippen LogP contribution in [0.2, 0.25) is 0 Å². The van der Waals surface area contributed by atoms with E-state index in [1.165, 1.54) is 28.8 Å². The van der Waals surface area contributed by atoms with Gasteiger partial charge in [0.25, 0.3) is 11.8 Å². The van der Waals surface area contributed by atoms with Crippen LogP contribution in [0, 0.1) is 0 Å². The lowest BCUT2D eigenvalue weighted by Crippen LogP contribution is -2.43. The molecule has 0 atom stereocenters. The average Bonchev–Trinajstić information content (AvgIpc) is 2.97. The van der Waals surface area contributed by atoms with Gasteiger partial charge in [0.2, 0.25) is 5.91 Å². The molecule has 2 aromatic rings. The van der Waals surface area contributed by atoms with Gasteiger partial charge in [0.05, 0.1) is 10.5 Å². The summed E-state index contributed by atoms with van der Waals surface area (Å²) in [7, 11) is 0. The highest BCUT2D eigenvalue weighted by Crippen LogP contribution is 2.32. The second-order valence-corrected chi connectivity index (χ2v) is 8.75. The fourth-order valence-corrected chi connectivity index (χ4v) is 4.30. The van der Waals surface area contributed by atoms with Gasteiger partial charge in [-0.2, -0.15) is 0 Å². The molecule has 0 aliphatic carbocycles. The molecule has 0 saturated carbocycles. The zero-order valence-electron chi connectivity index (χ0n) is 15.4. The van der Waals surface area contributed by atoms with Crippen molar-refractivity contribution in [2.45, 2.75) is 6.42 Å². The van der Waals surface area contributed by atoms with Crippen molar-refractivity contribution < 1.29 is 19.5 Å². The van der Waals surface area contributed by atoms with E-state index in [9.17, 15) is 19.5 Å². The number of benzene rings is 2. The molecule has 3 amide bonds. The first kappa shape index (κ1) is 22.0. The van der Waals surface area contributed by atoms with Crippen molar-refractivity contribution in [1.82, 2.24) is 15.8 Å². The van der Waals surface area contributed by atoms with Crippen molar-refractivity contribution in [1.29, 1.82) is 0 Å². The van der Waals surface area contributed by atoms with Crippen LogP contribution < -0.4 is 10.9 Å². The maximum Gasteiger partial charge on any atom is 0.273 e. The molecular formula is C20H16BrN3O4S2. The highest BCUT2D eigenvalue weighted by Gasteiger charge is 2.32. The van der Waals surface area contributed by atoms with Crippen molar-refractivity contribution in [3.05, 3.63) is 69.0 Å². The Kier molecular flexibility index (Phi) is 7.24. The molecule has 2 aromatic carbocycles. The largest absolute Gasteiger partial charge is 0.507 e. The Labute approximate surface area is 190 Å². The number of thioether (sulfide) groups is 1. The molecule has 1 fully saturated rings. The summed E-state index contributed by atoms with van der Waals surface area (Å²) in [5.74, 6) is -1.61. The van der Waals surface area contributed by atoms with E-state index in [0.29, 0.717) is 9.23 Å². The number of hydrazine groups is 1. The summed E-state index contributed by atoms with van der Waals surface area (Å²) >= 11 is 9.83. The standard InChI is InChI=1S/C20H16BrN3O4S2/c21-13-5-3-4-12(10-13)11-16-19(28)24(20(29)30-16)9-8-17(26)22-23-18(27)14-6-1-2-7-15(14)25/h1-7,10-11,25H,8-9H2,(H,22,26)(H,23,27). The Morgan fingerprint density at radius 1 is 1.17 bits per heavy atom. The van der Waals surface area contributed by atoms with Crippen molar-refractivity contribution in [3.63, 3.8) is 0 Å². The number of carbonyl (C=O) groups excluding carboxylic acids is 3. The molecule has 7 nitrogen and oxygen atoms in total. The lowest BCUT2D eigenvalue weighted by molar-refractivity contribution is -0.124. The zero-order chi connectivity index (χ0) is 21.7. The minimum absolute atomic E-state index is 0.0347. The molecule has 0 unspecified atom stereocenters. The SMILES string of the molecule is O=C(CCN1C(=O)C(=Cc2cccc(Br)c2)SC1=S)NNC(=O)c1ccccc1O. The van der Waals surface area contributed by atoms with E-state index in [4.69, 9.17) is 12.2 Å². The molecule has 1 saturated heterocycles. The van der Waals surface area contributed by atoms with Gasteiger partial charge in [-0.15, -0.1) is 0 Å². The molecule has 3 rings (SSSR count). The van der Waals surface area contributed by atoms with E-state index in [1.807, 2.05) is 24.3 Å². The molecular weight excluding hydrogens is 490 g/mol. The third-order valence-electron chi connectivity index (χ3n) is 4.05. The minimum Gasteiger partial charge on any atom is -0.507 e. The fraction of sp³-hybridized carbons (Fsp3) is 0.100. The van der Waals surface area contributed by atoms with E-state index in [2.05, 4.69) is 26.8 Å². The van der Waals surface area contributed by atoms with Gasteiger partial charge < -0.3 is 5.11 Å². The third-order valence-corrected chi connectivity index (χ3v) is 5.92. The van der Waals surface area contributed by atoms with E-state index in [0.717, 1.165) is 10.0 Å². The van der Waals surface area contributed by atoms with Gasteiger partial charge in [-0.3, -0.25) is 30.1 Å². The van der Waals surface area contributed by atoms with Gasteiger partial charge in [-0.05, 0) is 35.9 Å². The van der Waals surface area contributed by atoms with Crippen LogP contribution in [0.5, 0.6) is 5.75 Å². The maximum absolute atomic E-state index is 12.6. The van der Waals surface area contributed by atoms with E-state index < -0.39 is 11.8 Å². The molecule has 1 aliphatic heterocycles. The van der Waals surface area contributed by atoms with Gasteiger partial charge in [0.15, 0.2) is 0 Å². The number of phenols is 1. The highest BCUT2D eigenvalue weighted by molar-refractivity contribution is 9.10. The van der Waals surface area contributed by atoms with Crippen molar-refractivity contribution in [2.24, 2.45) is 0 Å². The number of halogens is 1. The first-order chi connectivity index (χ1) is 14.3. The van der Waals surface area contributed by atoms with Gasteiger partial charge in [-0.25, -0.2) is 0 Å². The summed E-state index contributed by atoms with van der Waals surface area (Å²) in [5.41, 5.74) is 5.38. The maximum atomic E-state index is 12.6. The Balaban J connectivity index is 1.53. The summed E-state index contributed by atoms with van der Waals surface area (Å²) in [6.45, 7) is 0.0821. The van der Waals surface area contributed by atoms with Gasteiger partial charge in [-0.1, -0.05) is 64.2 Å². The summed E-state index contributed by atoms with van der Waals surface area (Å²) < 4.78 is 1.27. The van der Waals surface area contributed by atoms with Gasteiger partial charge >= 0.3 is 0 Å². The minimum atomic E-state index is -0.649. The van der Waals surface area contributed by atoms with Crippen LogP contribution in [0.4, 0.5) is 0 Å². The average molecular weight is 506 g/mol. The van der Waals surface area contributed by atoms with Crippen LogP contribution in [0.3, 0.4) is 0 Å².